The van der Waals surface area contributed by atoms with Crippen LogP contribution < -0.4 is 10.1 Å². The number of rotatable bonds is 5. The van der Waals surface area contributed by atoms with Crippen LogP contribution in [0.5, 0.6) is 5.75 Å². The van der Waals surface area contributed by atoms with E-state index in [-0.39, 0.29) is 12.3 Å². The average molecular weight is 324 g/mol. The van der Waals surface area contributed by atoms with Crippen molar-refractivity contribution in [2.24, 2.45) is 0 Å². The van der Waals surface area contributed by atoms with Crippen LogP contribution in [0.2, 0.25) is 0 Å². The van der Waals surface area contributed by atoms with Crippen LogP contribution >= 0.6 is 0 Å². The van der Waals surface area contributed by atoms with Gasteiger partial charge in [0.05, 0.1) is 19.6 Å². The van der Waals surface area contributed by atoms with Crippen LogP contribution in [0.3, 0.4) is 0 Å². The molecule has 0 aliphatic rings. The number of hydrogen-bond donors (Lipinski definition) is 3. The molecule has 0 spiro atoms. The summed E-state index contributed by atoms with van der Waals surface area (Å²) >= 11 is 0. The summed E-state index contributed by atoms with van der Waals surface area (Å²) in [5, 5.41) is 13.6. The number of anilines is 1. The Hall–Kier alpha value is -2.79. The number of aliphatic hydroxyl groups is 1. The molecule has 3 N–H and O–H groups in total. The number of para-hydroxylation sites is 1. The second-order valence-corrected chi connectivity index (χ2v) is 5.68. The first kappa shape index (κ1) is 16.1. The molecule has 1 atom stereocenters. The third-order valence-electron chi connectivity index (χ3n) is 4.01. The van der Waals surface area contributed by atoms with E-state index in [0.29, 0.717) is 11.3 Å². The summed E-state index contributed by atoms with van der Waals surface area (Å²) in [5.74, 6) is 0.593. The van der Waals surface area contributed by atoms with E-state index in [1.54, 1.807) is 26.2 Å². The van der Waals surface area contributed by atoms with Gasteiger partial charge in [0.2, 0.25) is 5.91 Å². The Labute approximate surface area is 140 Å². The summed E-state index contributed by atoms with van der Waals surface area (Å²) in [6, 6.07) is 13.0. The van der Waals surface area contributed by atoms with Gasteiger partial charge >= 0.3 is 0 Å². The van der Waals surface area contributed by atoms with Gasteiger partial charge in [0, 0.05) is 28.4 Å². The zero-order valence-electron chi connectivity index (χ0n) is 13.7. The third-order valence-corrected chi connectivity index (χ3v) is 4.01. The van der Waals surface area contributed by atoms with E-state index in [2.05, 4.69) is 10.3 Å². The van der Waals surface area contributed by atoms with Crippen LogP contribution in [0.25, 0.3) is 10.9 Å². The van der Waals surface area contributed by atoms with Crippen molar-refractivity contribution >= 4 is 22.5 Å². The minimum absolute atomic E-state index is 0.144. The molecule has 1 unspecified atom stereocenters. The molecule has 3 aromatic rings. The second-order valence-electron chi connectivity index (χ2n) is 5.68. The molecule has 5 nitrogen and oxygen atoms in total. The highest BCUT2D eigenvalue weighted by molar-refractivity contribution is 5.98. The number of amides is 1. The van der Waals surface area contributed by atoms with Crippen molar-refractivity contribution in [1.29, 1.82) is 0 Å². The van der Waals surface area contributed by atoms with Crippen LogP contribution in [0.15, 0.2) is 48.7 Å². The molecule has 1 heterocycles. The van der Waals surface area contributed by atoms with Gasteiger partial charge in [-0.2, -0.15) is 0 Å². The molecule has 2 aromatic carbocycles. The van der Waals surface area contributed by atoms with E-state index in [0.717, 1.165) is 22.2 Å². The molecule has 0 aliphatic carbocycles. The van der Waals surface area contributed by atoms with E-state index < -0.39 is 6.10 Å². The number of aromatic amines is 1. The lowest BCUT2D eigenvalue weighted by Crippen LogP contribution is -2.16. The normalized spacial score (nSPS) is 12.1. The molecule has 24 heavy (non-hydrogen) atoms. The van der Waals surface area contributed by atoms with Gasteiger partial charge < -0.3 is 20.1 Å². The predicted molar refractivity (Wildman–Crippen MR) is 94.3 cm³/mol. The van der Waals surface area contributed by atoms with Crippen LogP contribution in [0, 0.1) is 0 Å². The van der Waals surface area contributed by atoms with Crippen molar-refractivity contribution in [2.45, 2.75) is 19.4 Å². The first-order chi connectivity index (χ1) is 11.6. The van der Waals surface area contributed by atoms with Crippen molar-refractivity contribution in [2.75, 3.05) is 12.4 Å². The van der Waals surface area contributed by atoms with Gasteiger partial charge in [0.1, 0.15) is 5.75 Å². The zero-order chi connectivity index (χ0) is 17.1. The molecule has 0 bridgehead atoms. The lowest BCUT2D eigenvalue weighted by molar-refractivity contribution is -0.115. The monoisotopic (exact) mass is 324 g/mol. The number of fused-ring (bicyclic) bond motifs is 1. The number of carbonyl (C=O) groups is 1. The first-order valence-corrected chi connectivity index (χ1v) is 7.80. The van der Waals surface area contributed by atoms with Gasteiger partial charge in [0.15, 0.2) is 0 Å². The summed E-state index contributed by atoms with van der Waals surface area (Å²) in [6.07, 6.45) is 1.40. The fourth-order valence-corrected chi connectivity index (χ4v) is 2.87. The standard InChI is InChI=1S/C19H20N2O3/c1-12(22)14-6-3-4-7-15(14)21-18(23)10-13-11-20-16-8-5-9-17(24-2)19(13)16/h3-9,11-12,20,22H,10H2,1-2H3,(H,21,23). The Morgan fingerprint density at radius 2 is 2.04 bits per heavy atom. The molecule has 5 heteroatoms. The van der Waals surface area contributed by atoms with E-state index in [1.807, 2.05) is 36.5 Å². The van der Waals surface area contributed by atoms with Crippen molar-refractivity contribution in [3.8, 4) is 5.75 Å². The smallest absolute Gasteiger partial charge is 0.228 e. The summed E-state index contributed by atoms with van der Waals surface area (Å²) in [4.78, 5) is 15.6. The molecule has 0 aliphatic heterocycles. The molecule has 1 aromatic heterocycles. The topological polar surface area (TPSA) is 74.4 Å². The lowest BCUT2D eigenvalue weighted by Gasteiger charge is -2.13. The van der Waals surface area contributed by atoms with Crippen molar-refractivity contribution in [1.82, 2.24) is 4.98 Å². The molecule has 0 saturated carbocycles. The fraction of sp³-hybridized carbons (Fsp3) is 0.211. The molecular formula is C19H20N2O3. The molecule has 1 amide bonds. The number of nitrogens with one attached hydrogen (secondary N) is 2. The Kier molecular flexibility index (Phi) is 4.53. The van der Waals surface area contributed by atoms with E-state index >= 15 is 0 Å². The Bertz CT molecular complexity index is 868. The van der Waals surface area contributed by atoms with Crippen molar-refractivity contribution in [3.05, 3.63) is 59.8 Å². The van der Waals surface area contributed by atoms with Gasteiger partial charge in [-0.1, -0.05) is 24.3 Å². The molecular weight excluding hydrogens is 304 g/mol. The van der Waals surface area contributed by atoms with Gasteiger partial charge in [-0.05, 0) is 30.7 Å². The Morgan fingerprint density at radius 1 is 1.25 bits per heavy atom. The summed E-state index contributed by atoms with van der Waals surface area (Å²) in [7, 11) is 1.62. The quantitative estimate of drug-likeness (QED) is 0.673. The van der Waals surface area contributed by atoms with Crippen LogP contribution in [0.1, 0.15) is 24.2 Å². The van der Waals surface area contributed by atoms with E-state index in [9.17, 15) is 9.90 Å². The average Bonchev–Trinajstić information content (AvgIpc) is 2.98. The Morgan fingerprint density at radius 3 is 2.79 bits per heavy atom. The van der Waals surface area contributed by atoms with Gasteiger partial charge in [0.25, 0.3) is 0 Å². The number of benzene rings is 2. The summed E-state index contributed by atoms with van der Waals surface area (Å²) in [5.41, 5.74) is 3.13. The minimum atomic E-state index is -0.644. The number of hydrogen-bond acceptors (Lipinski definition) is 3. The molecule has 3 rings (SSSR count). The minimum Gasteiger partial charge on any atom is -0.496 e. The van der Waals surface area contributed by atoms with Crippen molar-refractivity contribution < 1.29 is 14.6 Å². The van der Waals surface area contributed by atoms with Crippen molar-refractivity contribution in [3.63, 3.8) is 0 Å². The van der Waals surface area contributed by atoms with Gasteiger partial charge in [-0.25, -0.2) is 0 Å². The number of carbonyl (C=O) groups excluding carboxylic acids is 1. The fourth-order valence-electron chi connectivity index (χ4n) is 2.87. The summed E-state index contributed by atoms with van der Waals surface area (Å²) < 4.78 is 5.39. The molecule has 0 saturated heterocycles. The number of H-pyrrole nitrogens is 1. The van der Waals surface area contributed by atoms with Crippen LogP contribution in [-0.4, -0.2) is 23.1 Å². The maximum Gasteiger partial charge on any atom is 0.228 e. The summed E-state index contributed by atoms with van der Waals surface area (Å²) in [6.45, 7) is 1.68. The number of methoxy groups -OCH3 is 1. The lowest BCUT2D eigenvalue weighted by atomic mass is 10.1. The molecule has 0 radical (unpaired) electrons. The van der Waals surface area contributed by atoms with E-state index in [1.165, 1.54) is 0 Å². The van der Waals surface area contributed by atoms with Crippen LogP contribution in [-0.2, 0) is 11.2 Å². The molecule has 0 fully saturated rings. The number of aliphatic hydroxyl groups excluding tert-OH is 1. The third kappa shape index (κ3) is 3.12. The largest absolute Gasteiger partial charge is 0.496 e. The molecule has 124 valence electrons. The van der Waals surface area contributed by atoms with E-state index in [4.69, 9.17) is 4.74 Å². The predicted octanol–water partition coefficient (Wildman–Crippen LogP) is 3.41. The highest BCUT2D eigenvalue weighted by Crippen LogP contribution is 2.29. The van der Waals surface area contributed by atoms with Crippen LogP contribution in [0.4, 0.5) is 5.69 Å². The first-order valence-electron chi connectivity index (χ1n) is 7.80. The SMILES string of the molecule is COc1cccc2[nH]cc(CC(=O)Nc3ccccc3C(C)O)c12. The van der Waals surface area contributed by atoms with Gasteiger partial charge in [-0.15, -0.1) is 0 Å². The van der Waals surface area contributed by atoms with Gasteiger partial charge in [-0.3, -0.25) is 4.79 Å². The highest BCUT2D eigenvalue weighted by atomic mass is 16.5. The maximum absolute atomic E-state index is 12.5. The zero-order valence-corrected chi connectivity index (χ0v) is 13.7. The second kappa shape index (κ2) is 6.76. The Balaban J connectivity index is 1.84. The highest BCUT2D eigenvalue weighted by Gasteiger charge is 2.14. The maximum atomic E-state index is 12.5. The number of aromatic nitrogens is 1. The number of ether oxygens (including phenoxy) is 1.